The highest BCUT2D eigenvalue weighted by atomic mass is 79.9. The highest BCUT2D eigenvalue weighted by Gasteiger charge is 1.99. The topological polar surface area (TPSA) is 9.23 Å². The van der Waals surface area contributed by atoms with Crippen molar-refractivity contribution >= 4 is 28.6 Å². The van der Waals surface area contributed by atoms with Crippen molar-refractivity contribution in [2.75, 3.05) is 6.61 Å². The van der Waals surface area contributed by atoms with Crippen LogP contribution >= 0.6 is 28.6 Å². The van der Waals surface area contributed by atoms with Crippen LogP contribution in [0.25, 0.3) is 0 Å². The minimum absolute atomic E-state index is 0.595. The van der Waals surface area contributed by atoms with Gasteiger partial charge in [0, 0.05) is 4.90 Å². The molecule has 0 atom stereocenters. The molecule has 0 heterocycles. The van der Waals surface area contributed by atoms with Crippen LogP contribution in [0.4, 0.5) is 0 Å². The lowest BCUT2D eigenvalue weighted by atomic mass is 10.3. The first-order valence-corrected chi connectivity index (χ1v) is 5.58. The Morgan fingerprint density at radius 1 is 1.50 bits per heavy atom. The molecule has 0 aliphatic carbocycles. The van der Waals surface area contributed by atoms with Gasteiger partial charge < -0.3 is 4.74 Å². The summed E-state index contributed by atoms with van der Waals surface area (Å²) in [6.07, 6.45) is 2.04. The van der Waals surface area contributed by atoms with Crippen LogP contribution in [0.15, 0.2) is 39.2 Å². The van der Waals surface area contributed by atoms with Crippen molar-refractivity contribution in [2.45, 2.75) is 18.7 Å². The summed E-state index contributed by atoms with van der Waals surface area (Å²) in [6, 6.07) is 5.74. The smallest absolute Gasteiger partial charge is 0.135 e. The number of hydrogen-bond acceptors (Lipinski definition) is 2. The van der Waals surface area contributed by atoms with Gasteiger partial charge in [0.1, 0.15) is 12.4 Å². The van der Waals surface area contributed by atoms with E-state index in [9.17, 15) is 0 Å². The molecule has 76 valence electrons. The van der Waals surface area contributed by atoms with Gasteiger partial charge in [-0.25, -0.2) is 0 Å². The fourth-order valence-corrected chi connectivity index (χ4v) is 1.45. The van der Waals surface area contributed by atoms with Crippen molar-refractivity contribution in [3.63, 3.8) is 0 Å². The fraction of sp³-hybridized carbons (Fsp3) is 0.273. The predicted octanol–water partition coefficient (Wildman–Crippen LogP) is 4.08. The van der Waals surface area contributed by atoms with Crippen LogP contribution in [0.3, 0.4) is 0 Å². The summed E-state index contributed by atoms with van der Waals surface area (Å²) >= 11 is 7.67. The van der Waals surface area contributed by atoms with Crippen LogP contribution in [-0.2, 0) is 0 Å². The molecule has 0 fully saturated rings. The molecular weight excluding hydrogens is 260 g/mol. The Hall–Kier alpha value is -0.410. The summed E-state index contributed by atoms with van der Waals surface area (Å²) in [4.78, 5) is 0.903. The summed E-state index contributed by atoms with van der Waals surface area (Å²) in [7, 11) is 0. The van der Waals surface area contributed by atoms with Crippen LogP contribution < -0.4 is 4.74 Å². The Kier molecular flexibility index (Phi) is 4.55. The predicted molar refractivity (Wildman–Crippen MR) is 66.3 cm³/mol. The van der Waals surface area contributed by atoms with Gasteiger partial charge in [-0.2, -0.15) is 0 Å². The Morgan fingerprint density at radius 3 is 2.86 bits per heavy atom. The van der Waals surface area contributed by atoms with Crippen LogP contribution in [0.5, 0.6) is 5.75 Å². The molecule has 0 N–H and O–H groups in total. The van der Waals surface area contributed by atoms with Crippen LogP contribution in [0, 0.1) is 0 Å². The summed E-state index contributed by atoms with van der Waals surface area (Å²) in [5.41, 5.74) is 1.25. The average Bonchev–Trinajstić information content (AvgIpc) is 2.10. The molecule has 0 aromatic heterocycles. The Morgan fingerprint density at radius 2 is 2.21 bits per heavy atom. The lowest BCUT2D eigenvalue weighted by Gasteiger charge is -2.06. The zero-order valence-electron chi connectivity index (χ0n) is 8.25. The van der Waals surface area contributed by atoms with E-state index < -0.39 is 0 Å². The molecule has 0 bridgehead atoms. The second kappa shape index (κ2) is 5.47. The number of benzene rings is 1. The number of hydrogen-bond donors (Lipinski definition) is 1. The monoisotopic (exact) mass is 272 g/mol. The SMILES string of the molecule is CC(C)=CCOc1cc(S)ccc1Br. The molecule has 14 heavy (non-hydrogen) atoms. The summed E-state index contributed by atoms with van der Waals surface area (Å²) in [5.74, 6) is 0.829. The zero-order valence-corrected chi connectivity index (χ0v) is 10.7. The molecule has 3 heteroatoms. The number of allylic oxidation sites excluding steroid dienone is 1. The normalized spacial score (nSPS) is 9.71. The van der Waals surface area contributed by atoms with E-state index in [0.717, 1.165) is 15.1 Å². The first-order valence-electron chi connectivity index (χ1n) is 4.34. The number of halogens is 1. The fourth-order valence-electron chi connectivity index (χ4n) is 0.901. The van der Waals surface area contributed by atoms with Gasteiger partial charge in [-0.05, 0) is 54.1 Å². The molecule has 0 radical (unpaired) electrons. The van der Waals surface area contributed by atoms with Crippen molar-refractivity contribution in [3.8, 4) is 5.75 Å². The van der Waals surface area contributed by atoms with Crippen LogP contribution in [0.2, 0.25) is 0 Å². The quantitative estimate of drug-likeness (QED) is 0.645. The van der Waals surface area contributed by atoms with E-state index in [1.54, 1.807) is 0 Å². The number of rotatable bonds is 3. The lowest BCUT2D eigenvalue weighted by molar-refractivity contribution is 0.359. The van der Waals surface area contributed by atoms with Gasteiger partial charge >= 0.3 is 0 Å². The third kappa shape index (κ3) is 3.76. The van der Waals surface area contributed by atoms with Crippen molar-refractivity contribution in [3.05, 3.63) is 34.3 Å². The summed E-state index contributed by atoms with van der Waals surface area (Å²) in [5, 5.41) is 0. The lowest BCUT2D eigenvalue weighted by Crippen LogP contribution is -1.94. The molecule has 0 saturated heterocycles. The van der Waals surface area contributed by atoms with Gasteiger partial charge in [-0.3, -0.25) is 0 Å². The van der Waals surface area contributed by atoms with Crippen molar-refractivity contribution in [2.24, 2.45) is 0 Å². The maximum Gasteiger partial charge on any atom is 0.135 e. The summed E-state index contributed by atoms with van der Waals surface area (Å²) in [6.45, 7) is 4.69. The molecule has 0 aliphatic rings. The molecule has 1 rings (SSSR count). The number of ether oxygens (including phenoxy) is 1. The van der Waals surface area contributed by atoms with Crippen LogP contribution in [-0.4, -0.2) is 6.61 Å². The molecule has 1 aromatic carbocycles. The van der Waals surface area contributed by atoms with Crippen molar-refractivity contribution in [1.29, 1.82) is 0 Å². The van der Waals surface area contributed by atoms with Crippen molar-refractivity contribution < 1.29 is 4.74 Å². The maximum absolute atomic E-state index is 5.56. The minimum atomic E-state index is 0.595. The number of thiol groups is 1. The van der Waals surface area contributed by atoms with E-state index in [0.29, 0.717) is 6.61 Å². The van der Waals surface area contributed by atoms with Crippen LogP contribution in [0.1, 0.15) is 13.8 Å². The standard InChI is InChI=1S/C11H13BrOS/c1-8(2)5-6-13-11-7-9(14)3-4-10(11)12/h3-5,7,14H,6H2,1-2H3. The second-order valence-electron chi connectivity index (χ2n) is 3.21. The van der Waals surface area contributed by atoms with E-state index in [1.807, 2.05) is 38.1 Å². The summed E-state index contributed by atoms with van der Waals surface area (Å²) < 4.78 is 6.51. The first-order chi connectivity index (χ1) is 6.59. The molecular formula is C11H13BrOS. The largest absolute Gasteiger partial charge is 0.488 e. The average molecular weight is 273 g/mol. The molecule has 0 spiro atoms. The van der Waals surface area contributed by atoms with Gasteiger partial charge in [0.15, 0.2) is 0 Å². The van der Waals surface area contributed by atoms with Gasteiger partial charge in [0.05, 0.1) is 4.47 Å². The van der Waals surface area contributed by atoms with E-state index in [4.69, 9.17) is 4.74 Å². The molecule has 0 saturated carbocycles. The Bertz CT molecular complexity index is 343. The molecule has 1 aromatic rings. The van der Waals surface area contributed by atoms with E-state index in [-0.39, 0.29) is 0 Å². The molecule has 0 aliphatic heterocycles. The zero-order chi connectivity index (χ0) is 10.6. The van der Waals surface area contributed by atoms with E-state index in [2.05, 4.69) is 28.6 Å². The first kappa shape index (κ1) is 11.7. The highest BCUT2D eigenvalue weighted by Crippen LogP contribution is 2.27. The minimum Gasteiger partial charge on any atom is -0.488 e. The maximum atomic E-state index is 5.56. The van der Waals surface area contributed by atoms with Gasteiger partial charge in [0.25, 0.3) is 0 Å². The molecule has 0 unspecified atom stereocenters. The third-order valence-electron chi connectivity index (χ3n) is 1.65. The van der Waals surface area contributed by atoms with Gasteiger partial charge in [-0.1, -0.05) is 5.57 Å². The Balaban J connectivity index is 2.67. The van der Waals surface area contributed by atoms with Gasteiger partial charge in [-0.15, -0.1) is 12.6 Å². The second-order valence-corrected chi connectivity index (χ2v) is 4.58. The van der Waals surface area contributed by atoms with E-state index in [1.165, 1.54) is 5.57 Å². The van der Waals surface area contributed by atoms with Crippen molar-refractivity contribution in [1.82, 2.24) is 0 Å². The van der Waals surface area contributed by atoms with E-state index >= 15 is 0 Å². The van der Waals surface area contributed by atoms with Gasteiger partial charge in [0.2, 0.25) is 0 Å². The Labute approximate surface area is 98.7 Å². The third-order valence-corrected chi connectivity index (χ3v) is 2.58. The molecule has 1 nitrogen and oxygen atoms in total. The molecule has 0 amide bonds. The highest BCUT2D eigenvalue weighted by molar-refractivity contribution is 9.10.